The first-order chi connectivity index (χ1) is 11.6. The van der Waals surface area contributed by atoms with Crippen LogP contribution in [0, 0.1) is 0 Å². The molecule has 0 atom stereocenters. The van der Waals surface area contributed by atoms with E-state index >= 15 is 0 Å². The van der Waals surface area contributed by atoms with Crippen molar-refractivity contribution in [2.24, 2.45) is 5.10 Å². The normalized spacial score (nSPS) is 15.7. The minimum atomic E-state index is -0.475. The third kappa shape index (κ3) is 3.10. The molecule has 0 saturated heterocycles. The Morgan fingerprint density at radius 2 is 1.79 bits per heavy atom. The van der Waals surface area contributed by atoms with E-state index < -0.39 is 5.91 Å². The molecule has 2 aromatic carbocycles. The summed E-state index contributed by atoms with van der Waals surface area (Å²) in [6.45, 7) is 1.67. The third-order valence-corrected chi connectivity index (χ3v) is 3.73. The average Bonchev–Trinajstić information content (AvgIpc) is 2.86. The smallest absolute Gasteiger partial charge is 0.283 e. The second-order valence-corrected chi connectivity index (χ2v) is 5.48. The monoisotopic (exact) mass is 320 g/mol. The van der Waals surface area contributed by atoms with Gasteiger partial charge in [0.05, 0.1) is 17.7 Å². The zero-order valence-electron chi connectivity index (χ0n) is 13.1. The van der Waals surface area contributed by atoms with Gasteiger partial charge < -0.3 is 5.11 Å². The zero-order chi connectivity index (χ0) is 17.1. The quantitative estimate of drug-likeness (QED) is 0.884. The number of phenolic OH excluding ortho intramolecular Hbond substituents is 1. The molecular weight excluding hydrogens is 304 g/mol. The number of hydrogen-bond acceptors (Lipinski definition) is 4. The average molecular weight is 320 g/mol. The Morgan fingerprint density at radius 3 is 2.50 bits per heavy atom. The highest BCUT2D eigenvalue weighted by atomic mass is 16.3. The van der Waals surface area contributed by atoms with Gasteiger partial charge in [-0.3, -0.25) is 9.59 Å². The topological polar surface area (TPSA) is 70.0 Å². The predicted molar refractivity (Wildman–Crippen MR) is 91.2 cm³/mol. The molecule has 3 rings (SSSR count). The van der Waals surface area contributed by atoms with Crippen LogP contribution in [0.2, 0.25) is 0 Å². The number of phenols is 1. The molecular formula is C19H16N2O3. The molecule has 1 N–H and O–H groups in total. The first-order valence-electron chi connectivity index (χ1n) is 7.53. The number of carbonyl (C=O) groups is 2. The van der Waals surface area contributed by atoms with Crippen LogP contribution in [-0.2, 0) is 16.0 Å². The minimum Gasteiger partial charge on any atom is -0.507 e. The Morgan fingerprint density at radius 1 is 1.12 bits per heavy atom. The zero-order valence-corrected chi connectivity index (χ0v) is 13.1. The highest BCUT2D eigenvalue weighted by molar-refractivity contribution is 6.29. The lowest BCUT2D eigenvalue weighted by Crippen LogP contribution is -2.30. The van der Waals surface area contributed by atoms with Crippen LogP contribution in [0.25, 0.3) is 6.08 Å². The Balaban J connectivity index is 1.83. The number of carbonyl (C=O) groups excluding carboxylic acids is 2. The van der Waals surface area contributed by atoms with Crippen LogP contribution in [-0.4, -0.2) is 27.6 Å². The highest BCUT2D eigenvalue weighted by Crippen LogP contribution is 2.23. The van der Waals surface area contributed by atoms with E-state index in [4.69, 9.17) is 0 Å². The van der Waals surface area contributed by atoms with Crippen molar-refractivity contribution in [1.82, 2.24) is 5.01 Å². The molecule has 24 heavy (non-hydrogen) atoms. The molecule has 0 bridgehead atoms. The van der Waals surface area contributed by atoms with Crippen LogP contribution in [0.3, 0.4) is 0 Å². The Labute approximate surface area is 139 Å². The molecule has 120 valence electrons. The maximum Gasteiger partial charge on any atom is 0.283 e. The Bertz CT molecular complexity index is 854. The van der Waals surface area contributed by atoms with Gasteiger partial charge in [-0.2, -0.15) is 10.1 Å². The SMILES string of the molecule is CC1=NN(C(=O)Cc2ccccc2)C(=O)C1=Cc1ccccc1O. The van der Waals surface area contributed by atoms with Crippen molar-refractivity contribution in [3.05, 3.63) is 71.3 Å². The number of nitrogens with zero attached hydrogens (tertiary/aromatic N) is 2. The summed E-state index contributed by atoms with van der Waals surface area (Å²) >= 11 is 0. The summed E-state index contributed by atoms with van der Waals surface area (Å²) in [6.07, 6.45) is 1.65. The lowest BCUT2D eigenvalue weighted by Gasteiger charge is -2.09. The molecule has 2 aromatic rings. The standard InChI is InChI=1S/C19H16N2O3/c1-13-16(12-15-9-5-6-10-17(15)22)19(24)21(20-13)18(23)11-14-7-3-2-4-8-14/h2-10,12,22H,11H2,1H3. The summed E-state index contributed by atoms with van der Waals surface area (Å²) in [4.78, 5) is 24.9. The van der Waals surface area contributed by atoms with Crippen molar-refractivity contribution in [2.45, 2.75) is 13.3 Å². The summed E-state index contributed by atoms with van der Waals surface area (Å²) in [5.41, 5.74) is 2.08. The van der Waals surface area contributed by atoms with E-state index in [-0.39, 0.29) is 18.1 Å². The molecule has 0 aromatic heterocycles. The summed E-state index contributed by atoms with van der Waals surface area (Å²) < 4.78 is 0. The van der Waals surface area contributed by atoms with Gasteiger partial charge in [0.15, 0.2) is 0 Å². The molecule has 5 nitrogen and oxygen atoms in total. The molecule has 0 aliphatic carbocycles. The molecule has 1 heterocycles. The van der Waals surface area contributed by atoms with Gasteiger partial charge in [-0.25, -0.2) is 0 Å². The third-order valence-electron chi connectivity index (χ3n) is 3.73. The predicted octanol–water partition coefficient (Wildman–Crippen LogP) is 2.76. The van der Waals surface area contributed by atoms with Gasteiger partial charge in [-0.15, -0.1) is 0 Å². The number of rotatable bonds is 3. The molecule has 0 spiro atoms. The lowest BCUT2D eigenvalue weighted by atomic mass is 10.1. The van der Waals surface area contributed by atoms with Crippen LogP contribution >= 0.6 is 0 Å². The van der Waals surface area contributed by atoms with E-state index in [0.29, 0.717) is 16.8 Å². The fourth-order valence-electron chi connectivity index (χ4n) is 2.46. The first-order valence-corrected chi connectivity index (χ1v) is 7.53. The van der Waals surface area contributed by atoms with E-state index in [1.54, 1.807) is 31.2 Å². The summed E-state index contributed by atoms with van der Waals surface area (Å²) in [7, 11) is 0. The number of hydrogen-bond donors (Lipinski definition) is 1. The van der Waals surface area contributed by atoms with Gasteiger partial charge in [0.1, 0.15) is 5.75 Å². The Hall–Kier alpha value is -3.21. The van der Waals surface area contributed by atoms with Crippen molar-refractivity contribution in [1.29, 1.82) is 0 Å². The molecule has 1 aliphatic heterocycles. The van der Waals surface area contributed by atoms with Crippen molar-refractivity contribution >= 4 is 23.6 Å². The fraction of sp³-hybridized carbons (Fsp3) is 0.105. The first kappa shape index (κ1) is 15.7. The van der Waals surface area contributed by atoms with Crippen LogP contribution in [0.15, 0.2) is 65.3 Å². The van der Waals surface area contributed by atoms with Gasteiger partial charge in [0.2, 0.25) is 0 Å². The lowest BCUT2D eigenvalue weighted by molar-refractivity contribution is -0.141. The fourth-order valence-corrected chi connectivity index (χ4v) is 2.46. The van der Waals surface area contributed by atoms with Crippen LogP contribution in [0.4, 0.5) is 0 Å². The largest absolute Gasteiger partial charge is 0.507 e. The summed E-state index contributed by atoms with van der Waals surface area (Å²) in [5, 5.41) is 14.8. The van der Waals surface area contributed by atoms with Gasteiger partial charge in [-0.05, 0) is 24.6 Å². The van der Waals surface area contributed by atoms with Crippen LogP contribution < -0.4 is 0 Å². The van der Waals surface area contributed by atoms with Gasteiger partial charge in [0, 0.05) is 5.56 Å². The maximum atomic E-state index is 12.5. The Kier molecular flexibility index (Phi) is 4.24. The van der Waals surface area contributed by atoms with Gasteiger partial charge >= 0.3 is 0 Å². The second-order valence-electron chi connectivity index (χ2n) is 5.48. The molecule has 1 aliphatic rings. The van der Waals surface area contributed by atoms with E-state index in [1.807, 2.05) is 30.3 Å². The van der Waals surface area contributed by atoms with E-state index in [1.165, 1.54) is 6.07 Å². The number of amides is 2. The number of aromatic hydroxyl groups is 1. The van der Waals surface area contributed by atoms with Crippen molar-refractivity contribution in [3.8, 4) is 5.75 Å². The number of hydrazone groups is 1. The maximum absolute atomic E-state index is 12.5. The minimum absolute atomic E-state index is 0.0691. The van der Waals surface area contributed by atoms with E-state index in [2.05, 4.69) is 5.10 Å². The van der Waals surface area contributed by atoms with E-state index in [9.17, 15) is 14.7 Å². The summed E-state index contributed by atoms with van der Waals surface area (Å²) in [5.74, 6) is -0.789. The van der Waals surface area contributed by atoms with E-state index in [0.717, 1.165) is 10.6 Å². The van der Waals surface area contributed by atoms with Crippen molar-refractivity contribution < 1.29 is 14.7 Å². The highest BCUT2D eigenvalue weighted by Gasteiger charge is 2.32. The van der Waals surface area contributed by atoms with Gasteiger partial charge in [0.25, 0.3) is 11.8 Å². The summed E-state index contributed by atoms with van der Waals surface area (Å²) in [6, 6.07) is 15.9. The number of benzene rings is 2. The van der Waals surface area contributed by atoms with Crippen molar-refractivity contribution in [2.75, 3.05) is 0 Å². The molecule has 0 unspecified atom stereocenters. The molecule has 0 fully saturated rings. The second kappa shape index (κ2) is 6.50. The molecule has 0 radical (unpaired) electrons. The van der Waals surface area contributed by atoms with Crippen LogP contribution in [0.1, 0.15) is 18.1 Å². The van der Waals surface area contributed by atoms with Crippen molar-refractivity contribution in [3.63, 3.8) is 0 Å². The molecule has 2 amide bonds. The number of para-hydroxylation sites is 1. The number of imide groups is 1. The molecule has 5 heteroatoms. The molecule has 0 saturated carbocycles. The van der Waals surface area contributed by atoms with Crippen LogP contribution in [0.5, 0.6) is 5.75 Å². The van der Waals surface area contributed by atoms with Gasteiger partial charge in [-0.1, -0.05) is 48.5 Å².